The molecule has 0 aliphatic rings. The van der Waals surface area contributed by atoms with Gasteiger partial charge in [-0.15, -0.1) is 13.2 Å². The van der Waals surface area contributed by atoms with Crippen molar-refractivity contribution in [1.82, 2.24) is 0 Å². The summed E-state index contributed by atoms with van der Waals surface area (Å²) in [5, 5.41) is 0. The normalized spacial score (nSPS) is 13.4. The van der Waals surface area contributed by atoms with Gasteiger partial charge >= 0.3 is 6.36 Å². The van der Waals surface area contributed by atoms with Crippen LogP contribution in [0.2, 0.25) is 0 Å². The summed E-state index contributed by atoms with van der Waals surface area (Å²) in [6.45, 7) is 3.03. The molecule has 0 aliphatic heterocycles. The highest BCUT2D eigenvalue weighted by atomic mass is 19.4. The third-order valence-electron chi connectivity index (χ3n) is 0.967. The highest BCUT2D eigenvalue weighted by Crippen LogP contribution is 2.15. The Kier molecular flexibility index (Phi) is 4.66. The molecule has 2 N–H and O–H groups in total. The first-order chi connectivity index (χ1) is 5.71. The van der Waals surface area contributed by atoms with Crippen LogP contribution in [0, 0.1) is 0 Å². The van der Waals surface area contributed by atoms with Crippen LogP contribution in [0.25, 0.3) is 0 Å². The van der Waals surface area contributed by atoms with Crippen molar-refractivity contribution in [3.05, 3.63) is 0 Å². The number of nitrogens with two attached hydrogens (primary N) is 1. The van der Waals surface area contributed by atoms with E-state index in [0.717, 1.165) is 0 Å². The number of rotatable bonds is 5. The molecule has 0 aromatic heterocycles. The average molecular weight is 201 g/mol. The lowest BCUT2D eigenvalue weighted by molar-refractivity contribution is -0.327. The van der Waals surface area contributed by atoms with E-state index < -0.39 is 18.5 Å². The van der Waals surface area contributed by atoms with Crippen LogP contribution in [-0.4, -0.2) is 31.7 Å². The van der Waals surface area contributed by atoms with E-state index in [-0.39, 0.29) is 13.2 Å². The van der Waals surface area contributed by atoms with Gasteiger partial charge in [0.05, 0.1) is 19.8 Å². The third kappa shape index (κ3) is 11.7. The van der Waals surface area contributed by atoms with Gasteiger partial charge in [0.1, 0.15) is 0 Å². The molecule has 0 fully saturated rings. The summed E-state index contributed by atoms with van der Waals surface area (Å²) >= 11 is 0. The Labute approximate surface area is 75.0 Å². The predicted molar refractivity (Wildman–Crippen MR) is 41.1 cm³/mol. The molecule has 0 spiro atoms. The fraction of sp³-hybridized carbons (Fsp3) is 1.00. The van der Waals surface area contributed by atoms with Gasteiger partial charge in [-0.25, -0.2) is 0 Å². The van der Waals surface area contributed by atoms with Crippen LogP contribution in [-0.2, 0) is 9.47 Å². The number of halogens is 3. The van der Waals surface area contributed by atoms with E-state index in [2.05, 4.69) is 4.74 Å². The van der Waals surface area contributed by atoms with Crippen molar-refractivity contribution in [3.63, 3.8) is 0 Å². The summed E-state index contributed by atoms with van der Waals surface area (Å²) in [5.41, 5.74) is 4.99. The highest BCUT2D eigenvalue weighted by Gasteiger charge is 2.28. The van der Waals surface area contributed by atoms with Crippen molar-refractivity contribution in [3.8, 4) is 0 Å². The zero-order valence-corrected chi connectivity index (χ0v) is 7.65. The quantitative estimate of drug-likeness (QED) is 0.681. The van der Waals surface area contributed by atoms with Gasteiger partial charge in [0.15, 0.2) is 0 Å². The van der Waals surface area contributed by atoms with Crippen LogP contribution in [0.5, 0.6) is 0 Å². The lowest BCUT2D eigenvalue weighted by Crippen LogP contribution is -2.37. The fourth-order valence-electron chi connectivity index (χ4n) is 0.552. The maximum absolute atomic E-state index is 11.4. The molecule has 0 amide bonds. The summed E-state index contributed by atoms with van der Waals surface area (Å²) in [4.78, 5) is 0. The van der Waals surface area contributed by atoms with E-state index in [1.54, 1.807) is 13.8 Å². The van der Waals surface area contributed by atoms with Gasteiger partial charge in [0.2, 0.25) is 0 Å². The average Bonchev–Trinajstić information content (AvgIpc) is 1.81. The van der Waals surface area contributed by atoms with Crippen molar-refractivity contribution in [1.29, 1.82) is 0 Å². The second-order valence-electron chi connectivity index (χ2n) is 3.34. The summed E-state index contributed by atoms with van der Waals surface area (Å²) in [5.74, 6) is 0. The van der Waals surface area contributed by atoms with Crippen molar-refractivity contribution in [2.45, 2.75) is 25.7 Å². The molecule has 80 valence electrons. The fourth-order valence-corrected chi connectivity index (χ4v) is 0.552. The van der Waals surface area contributed by atoms with E-state index in [1.165, 1.54) is 0 Å². The van der Waals surface area contributed by atoms with Crippen LogP contribution < -0.4 is 5.73 Å². The Bertz CT molecular complexity index is 126. The van der Waals surface area contributed by atoms with Crippen LogP contribution in [0.15, 0.2) is 0 Å². The smallest absolute Gasteiger partial charge is 0.377 e. The Morgan fingerprint density at radius 2 is 1.69 bits per heavy atom. The predicted octanol–water partition coefficient (Wildman–Crippen LogP) is 1.28. The molecule has 0 aliphatic carbocycles. The highest BCUT2D eigenvalue weighted by molar-refractivity contribution is 4.69. The maximum atomic E-state index is 11.4. The molecule has 0 atom stereocenters. The molecule has 13 heavy (non-hydrogen) atoms. The Balaban J connectivity index is 3.28. The van der Waals surface area contributed by atoms with Crippen LogP contribution >= 0.6 is 0 Å². The molecule has 0 bridgehead atoms. The van der Waals surface area contributed by atoms with Crippen molar-refractivity contribution < 1.29 is 22.6 Å². The van der Waals surface area contributed by atoms with Gasteiger partial charge in [-0.05, 0) is 13.8 Å². The van der Waals surface area contributed by atoms with Crippen molar-refractivity contribution >= 4 is 0 Å². The van der Waals surface area contributed by atoms with Gasteiger partial charge in [-0.2, -0.15) is 0 Å². The van der Waals surface area contributed by atoms with E-state index in [9.17, 15) is 13.2 Å². The molecule has 3 nitrogen and oxygen atoms in total. The van der Waals surface area contributed by atoms with E-state index in [1.807, 2.05) is 0 Å². The second-order valence-corrected chi connectivity index (χ2v) is 3.34. The van der Waals surface area contributed by atoms with Crippen LogP contribution in [0.1, 0.15) is 13.8 Å². The van der Waals surface area contributed by atoms with Gasteiger partial charge < -0.3 is 10.5 Å². The molecule has 0 rings (SSSR count). The number of alkyl halides is 3. The molecule has 0 saturated carbocycles. The van der Waals surface area contributed by atoms with Gasteiger partial charge in [0, 0.05) is 5.54 Å². The first kappa shape index (κ1) is 12.7. The summed E-state index contributed by atoms with van der Waals surface area (Å²) < 4.78 is 42.6. The van der Waals surface area contributed by atoms with Crippen LogP contribution in [0.4, 0.5) is 13.2 Å². The summed E-state index contributed by atoms with van der Waals surface area (Å²) in [7, 11) is 0. The minimum Gasteiger partial charge on any atom is -0.377 e. The molecular formula is C7H14F3NO2. The molecule has 6 heteroatoms. The summed E-state index contributed by atoms with van der Waals surface area (Å²) in [6, 6.07) is 0. The van der Waals surface area contributed by atoms with Crippen molar-refractivity contribution in [2.75, 3.05) is 19.8 Å². The van der Waals surface area contributed by atoms with Gasteiger partial charge in [-0.3, -0.25) is 4.74 Å². The molecular weight excluding hydrogens is 187 g/mol. The van der Waals surface area contributed by atoms with Gasteiger partial charge in [-0.1, -0.05) is 0 Å². The summed E-state index contributed by atoms with van der Waals surface area (Å²) in [6.07, 6.45) is -4.58. The maximum Gasteiger partial charge on any atom is 0.522 e. The SMILES string of the molecule is CC(C)(N)COCCOC(F)(F)F. The lowest BCUT2D eigenvalue weighted by atomic mass is 10.1. The van der Waals surface area contributed by atoms with E-state index >= 15 is 0 Å². The minimum atomic E-state index is -4.58. The van der Waals surface area contributed by atoms with Crippen molar-refractivity contribution in [2.24, 2.45) is 5.73 Å². The number of hydrogen-bond acceptors (Lipinski definition) is 3. The Morgan fingerprint density at radius 1 is 1.15 bits per heavy atom. The largest absolute Gasteiger partial charge is 0.522 e. The molecule has 0 saturated heterocycles. The molecule has 0 unspecified atom stereocenters. The Morgan fingerprint density at radius 3 is 2.08 bits per heavy atom. The Hall–Kier alpha value is -0.330. The molecule has 0 heterocycles. The van der Waals surface area contributed by atoms with E-state index in [4.69, 9.17) is 10.5 Å². The minimum absolute atomic E-state index is 0.111. The van der Waals surface area contributed by atoms with E-state index in [0.29, 0.717) is 0 Å². The first-order valence-electron chi connectivity index (χ1n) is 3.78. The zero-order valence-electron chi connectivity index (χ0n) is 7.65. The standard InChI is InChI=1S/C7H14F3NO2/c1-6(2,11)5-12-3-4-13-7(8,9)10/h3-5,11H2,1-2H3. The van der Waals surface area contributed by atoms with Gasteiger partial charge in [0.25, 0.3) is 0 Å². The molecule has 0 aromatic rings. The number of ether oxygens (including phenoxy) is 2. The zero-order chi connectivity index (χ0) is 10.5. The monoisotopic (exact) mass is 201 g/mol. The lowest BCUT2D eigenvalue weighted by Gasteiger charge is -2.18. The van der Waals surface area contributed by atoms with Crippen LogP contribution in [0.3, 0.4) is 0 Å². The first-order valence-corrected chi connectivity index (χ1v) is 3.78. The molecule has 0 aromatic carbocycles. The molecule has 0 radical (unpaired) electrons. The topological polar surface area (TPSA) is 44.5 Å². The second kappa shape index (κ2) is 4.78. The third-order valence-corrected chi connectivity index (χ3v) is 0.967. The number of hydrogen-bond donors (Lipinski definition) is 1.